The van der Waals surface area contributed by atoms with Crippen LogP contribution in [0.25, 0.3) is 0 Å². The van der Waals surface area contributed by atoms with Gasteiger partial charge in [-0.3, -0.25) is 4.79 Å². The lowest BCUT2D eigenvalue weighted by molar-refractivity contribution is -0.139. The number of nitrogens with zero attached hydrogens (tertiary/aromatic N) is 1. The van der Waals surface area contributed by atoms with E-state index < -0.39 is 5.97 Å². The zero-order chi connectivity index (χ0) is 14.8. The van der Waals surface area contributed by atoms with Gasteiger partial charge < -0.3 is 14.7 Å². The number of hydrogen-bond donors (Lipinski definition) is 1. The second-order valence-corrected chi connectivity index (χ2v) is 5.69. The zero-order valence-electron chi connectivity index (χ0n) is 11.9. The Morgan fingerprint density at radius 3 is 2.67 bits per heavy atom. The molecule has 0 saturated carbocycles. The van der Waals surface area contributed by atoms with Crippen LogP contribution in [0.4, 0.5) is 0 Å². The smallest absolute Gasteiger partial charge is 0.335 e. The van der Waals surface area contributed by atoms with E-state index in [1.165, 1.54) is 0 Å². The van der Waals surface area contributed by atoms with E-state index in [1.54, 1.807) is 12.1 Å². The topological polar surface area (TPSA) is 66.8 Å². The first-order valence-corrected chi connectivity index (χ1v) is 7.37. The highest BCUT2D eigenvalue weighted by atomic mass is 16.5. The summed E-state index contributed by atoms with van der Waals surface area (Å²) in [7, 11) is 0. The number of carbonyl (C=O) groups is 2. The number of hydrogen-bond acceptors (Lipinski definition) is 3. The maximum atomic E-state index is 12.5. The van der Waals surface area contributed by atoms with Gasteiger partial charge in [0.05, 0.1) is 5.56 Å². The average molecular weight is 289 g/mol. The van der Waals surface area contributed by atoms with Gasteiger partial charge in [-0.25, -0.2) is 4.79 Å². The summed E-state index contributed by atoms with van der Waals surface area (Å²) in [5.41, 5.74) is 2.40. The molecule has 1 N–H and O–H groups in total. The fourth-order valence-corrected chi connectivity index (χ4v) is 3.08. The van der Waals surface area contributed by atoms with Gasteiger partial charge in [-0.2, -0.15) is 0 Å². The third-order valence-corrected chi connectivity index (χ3v) is 4.35. The number of carboxylic acids is 1. The molecule has 1 saturated heterocycles. The first kappa shape index (κ1) is 14.1. The Morgan fingerprint density at radius 2 is 1.95 bits per heavy atom. The lowest BCUT2D eigenvalue weighted by Crippen LogP contribution is -2.41. The average Bonchev–Trinajstić information content (AvgIpc) is 2.54. The Morgan fingerprint density at radius 1 is 1.19 bits per heavy atom. The summed E-state index contributed by atoms with van der Waals surface area (Å²) in [6, 6.07) is 5.20. The van der Waals surface area contributed by atoms with Crippen LogP contribution in [0.5, 0.6) is 0 Å². The predicted molar refractivity (Wildman–Crippen MR) is 76.1 cm³/mol. The highest BCUT2D eigenvalue weighted by Crippen LogP contribution is 2.24. The van der Waals surface area contributed by atoms with Crippen molar-refractivity contribution in [3.63, 3.8) is 0 Å². The van der Waals surface area contributed by atoms with Crippen molar-refractivity contribution < 1.29 is 19.4 Å². The fourth-order valence-electron chi connectivity index (χ4n) is 3.08. The fraction of sp³-hybridized carbons (Fsp3) is 0.500. The molecule has 5 nitrogen and oxygen atoms in total. The van der Waals surface area contributed by atoms with Crippen LogP contribution >= 0.6 is 0 Å². The van der Waals surface area contributed by atoms with Crippen molar-refractivity contribution in [3.05, 3.63) is 34.9 Å². The van der Waals surface area contributed by atoms with Crippen LogP contribution in [0.1, 0.15) is 34.3 Å². The lowest BCUT2D eigenvalue weighted by Gasteiger charge is -2.33. The highest BCUT2D eigenvalue weighted by Gasteiger charge is 2.28. The number of carboxylic acid groups (broad SMARTS) is 1. The molecule has 112 valence electrons. The standard InChI is InChI=1S/C16H19NO4/c18-15(12-4-7-21-8-5-12)17-6-3-11-1-2-13(16(19)20)9-14(11)10-17/h1-2,9,12H,3-8,10H2,(H,19,20). The molecule has 21 heavy (non-hydrogen) atoms. The van der Waals surface area contributed by atoms with Crippen molar-refractivity contribution in [2.45, 2.75) is 25.8 Å². The molecule has 0 atom stereocenters. The van der Waals surface area contributed by atoms with Crippen LogP contribution in [-0.2, 0) is 22.5 Å². The zero-order valence-corrected chi connectivity index (χ0v) is 11.9. The second-order valence-electron chi connectivity index (χ2n) is 5.69. The molecule has 1 aromatic carbocycles. The van der Waals surface area contributed by atoms with Crippen LogP contribution in [0.15, 0.2) is 18.2 Å². The minimum atomic E-state index is -0.925. The first-order valence-electron chi connectivity index (χ1n) is 7.37. The molecule has 0 unspecified atom stereocenters. The third kappa shape index (κ3) is 2.93. The Labute approximate surface area is 123 Å². The van der Waals surface area contributed by atoms with Crippen molar-refractivity contribution in [2.75, 3.05) is 19.8 Å². The van der Waals surface area contributed by atoms with Gasteiger partial charge in [0, 0.05) is 32.2 Å². The van der Waals surface area contributed by atoms with Gasteiger partial charge in [-0.1, -0.05) is 6.07 Å². The summed E-state index contributed by atoms with van der Waals surface area (Å²) in [4.78, 5) is 25.5. The van der Waals surface area contributed by atoms with Gasteiger partial charge in [0.15, 0.2) is 0 Å². The summed E-state index contributed by atoms with van der Waals surface area (Å²) in [5, 5.41) is 9.07. The maximum absolute atomic E-state index is 12.5. The van der Waals surface area contributed by atoms with E-state index in [4.69, 9.17) is 9.84 Å². The van der Waals surface area contributed by atoms with Crippen molar-refractivity contribution in [1.29, 1.82) is 0 Å². The van der Waals surface area contributed by atoms with E-state index in [2.05, 4.69) is 0 Å². The van der Waals surface area contributed by atoms with Crippen LogP contribution < -0.4 is 0 Å². The Kier molecular flexibility index (Phi) is 3.92. The third-order valence-electron chi connectivity index (χ3n) is 4.35. The molecule has 2 aliphatic rings. The molecule has 0 bridgehead atoms. The first-order chi connectivity index (χ1) is 10.1. The molecule has 2 heterocycles. The van der Waals surface area contributed by atoms with Gasteiger partial charge in [-0.15, -0.1) is 0 Å². The number of rotatable bonds is 2. The molecule has 5 heteroatoms. The van der Waals surface area contributed by atoms with Crippen LogP contribution in [0.3, 0.4) is 0 Å². The minimum absolute atomic E-state index is 0.0583. The van der Waals surface area contributed by atoms with E-state index in [0.29, 0.717) is 19.8 Å². The van der Waals surface area contributed by atoms with E-state index in [1.807, 2.05) is 11.0 Å². The van der Waals surface area contributed by atoms with Crippen molar-refractivity contribution >= 4 is 11.9 Å². The highest BCUT2D eigenvalue weighted by molar-refractivity contribution is 5.88. The molecular formula is C16H19NO4. The van der Waals surface area contributed by atoms with Crippen LogP contribution in [0, 0.1) is 5.92 Å². The Balaban J connectivity index is 1.75. The molecule has 1 amide bonds. The molecule has 0 radical (unpaired) electrons. The van der Waals surface area contributed by atoms with Gasteiger partial charge >= 0.3 is 5.97 Å². The normalized spacial score (nSPS) is 19.1. The number of ether oxygens (including phenoxy) is 1. The molecule has 0 aromatic heterocycles. The second kappa shape index (κ2) is 5.85. The molecule has 3 rings (SSSR count). The molecular weight excluding hydrogens is 270 g/mol. The summed E-state index contributed by atoms with van der Waals surface area (Å²) >= 11 is 0. The van der Waals surface area contributed by atoms with Gasteiger partial charge in [0.1, 0.15) is 0 Å². The number of carbonyl (C=O) groups excluding carboxylic acids is 1. The van der Waals surface area contributed by atoms with E-state index in [9.17, 15) is 9.59 Å². The van der Waals surface area contributed by atoms with Crippen molar-refractivity contribution in [1.82, 2.24) is 4.90 Å². The summed E-state index contributed by atoms with van der Waals surface area (Å²) in [5.74, 6) is -0.682. The summed E-state index contributed by atoms with van der Waals surface area (Å²) < 4.78 is 5.30. The van der Waals surface area contributed by atoms with E-state index in [0.717, 1.165) is 36.9 Å². The Hall–Kier alpha value is -1.88. The van der Waals surface area contributed by atoms with Crippen LogP contribution in [-0.4, -0.2) is 41.6 Å². The maximum Gasteiger partial charge on any atom is 0.335 e. The number of amides is 1. The lowest BCUT2D eigenvalue weighted by atomic mass is 9.94. The summed E-state index contributed by atoms with van der Waals surface area (Å²) in [6.07, 6.45) is 2.37. The molecule has 2 aliphatic heterocycles. The van der Waals surface area contributed by atoms with Gasteiger partial charge in [0.2, 0.25) is 5.91 Å². The van der Waals surface area contributed by atoms with Crippen molar-refractivity contribution in [3.8, 4) is 0 Å². The molecule has 0 spiro atoms. The predicted octanol–water partition coefficient (Wildman–Crippen LogP) is 1.70. The van der Waals surface area contributed by atoms with E-state index in [-0.39, 0.29) is 17.4 Å². The van der Waals surface area contributed by atoms with Gasteiger partial charge in [0.25, 0.3) is 0 Å². The number of benzene rings is 1. The molecule has 1 fully saturated rings. The Bertz CT molecular complexity index is 563. The van der Waals surface area contributed by atoms with Crippen LogP contribution in [0.2, 0.25) is 0 Å². The van der Waals surface area contributed by atoms with Gasteiger partial charge in [-0.05, 0) is 42.5 Å². The van der Waals surface area contributed by atoms with E-state index >= 15 is 0 Å². The minimum Gasteiger partial charge on any atom is -0.478 e. The monoisotopic (exact) mass is 289 g/mol. The molecule has 1 aromatic rings. The summed E-state index contributed by atoms with van der Waals surface area (Å²) in [6.45, 7) is 2.55. The SMILES string of the molecule is O=C(O)c1ccc2c(c1)CN(C(=O)C1CCOCC1)CC2. The number of fused-ring (bicyclic) bond motifs is 1. The van der Waals surface area contributed by atoms with Crippen molar-refractivity contribution in [2.24, 2.45) is 5.92 Å². The quantitative estimate of drug-likeness (QED) is 0.900. The number of aromatic carboxylic acids is 1. The largest absolute Gasteiger partial charge is 0.478 e. The molecule has 0 aliphatic carbocycles.